The predicted molar refractivity (Wildman–Crippen MR) is 74.9 cm³/mol. The number of carbonyl (C=O) groups excluding carboxylic acids is 1. The number of aryl methyl sites for hydroxylation is 2. The van der Waals surface area contributed by atoms with Crippen LogP contribution in [-0.4, -0.2) is 22.0 Å². The molecule has 0 saturated heterocycles. The maximum Gasteiger partial charge on any atom is 0.251 e. The zero-order chi connectivity index (χ0) is 14.4. The molecular formula is C15H18FN3O. The fourth-order valence-corrected chi connectivity index (χ4v) is 1.93. The van der Waals surface area contributed by atoms with E-state index in [0.717, 1.165) is 19.4 Å². The molecule has 106 valence electrons. The van der Waals surface area contributed by atoms with Crippen LogP contribution < -0.4 is 5.32 Å². The lowest BCUT2D eigenvalue weighted by atomic mass is 10.1. The summed E-state index contributed by atoms with van der Waals surface area (Å²) in [5.41, 5.74) is 0.983. The Bertz CT molecular complexity index is 567. The number of nitrogens with one attached hydrogen (secondary N) is 1. The van der Waals surface area contributed by atoms with Gasteiger partial charge in [-0.15, -0.1) is 0 Å². The second kappa shape index (κ2) is 6.84. The minimum atomic E-state index is -0.290. The van der Waals surface area contributed by atoms with E-state index in [2.05, 4.69) is 10.3 Å². The average Bonchev–Trinajstić information content (AvgIpc) is 2.94. The van der Waals surface area contributed by atoms with Crippen molar-refractivity contribution in [3.8, 4) is 0 Å². The Balaban J connectivity index is 1.70. The molecule has 2 aromatic rings. The molecule has 2 rings (SSSR count). The molecule has 4 nitrogen and oxygen atoms in total. The van der Waals surface area contributed by atoms with E-state index in [1.54, 1.807) is 25.5 Å². The van der Waals surface area contributed by atoms with Crippen LogP contribution >= 0.6 is 0 Å². The molecule has 0 spiro atoms. The highest BCUT2D eigenvalue weighted by atomic mass is 19.1. The van der Waals surface area contributed by atoms with Gasteiger partial charge in [0.2, 0.25) is 0 Å². The monoisotopic (exact) mass is 275 g/mol. The van der Waals surface area contributed by atoms with Gasteiger partial charge in [-0.3, -0.25) is 4.79 Å². The van der Waals surface area contributed by atoms with Crippen LogP contribution in [0.15, 0.2) is 36.9 Å². The van der Waals surface area contributed by atoms with Gasteiger partial charge in [0.1, 0.15) is 5.82 Å². The number of carbonyl (C=O) groups is 1. The van der Waals surface area contributed by atoms with Crippen molar-refractivity contribution in [1.29, 1.82) is 0 Å². The molecule has 0 aliphatic heterocycles. The van der Waals surface area contributed by atoms with Crippen LogP contribution in [0.2, 0.25) is 0 Å². The molecule has 20 heavy (non-hydrogen) atoms. The zero-order valence-electron chi connectivity index (χ0n) is 11.5. The first-order valence-corrected chi connectivity index (χ1v) is 6.67. The molecule has 0 radical (unpaired) electrons. The second-order valence-electron chi connectivity index (χ2n) is 4.73. The summed E-state index contributed by atoms with van der Waals surface area (Å²) in [5, 5.41) is 2.84. The van der Waals surface area contributed by atoms with Crippen molar-refractivity contribution in [2.75, 3.05) is 6.54 Å². The van der Waals surface area contributed by atoms with Gasteiger partial charge in [0.05, 0.1) is 6.33 Å². The standard InChI is InChI=1S/C15H18FN3O/c1-12-10-13(4-5-14(12)16)15(20)18-6-2-3-8-19-9-7-17-11-19/h4-5,7,9-11H,2-3,6,8H2,1H3,(H,18,20). The van der Waals surface area contributed by atoms with Crippen molar-refractivity contribution in [2.45, 2.75) is 26.3 Å². The summed E-state index contributed by atoms with van der Waals surface area (Å²) in [4.78, 5) is 15.8. The Morgan fingerprint density at radius 3 is 2.95 bits per heavy atom. The van der Waals surface area contributed by atoms with Gasteiger partial charge in [-0.05, 0) is 43.5 Å². The third kappa shape index (κ3) is 3.91. The number of nitrogens with zero attached hydrogens (tertiary/aromatic N) is 2. The highest BCUT2D eigenvalue weighted by Crippen LogP contribution is 2.09. The minimum Gasteiger partial charge on any atom is -0.352 e. The van der Waals surface area contributed by atoms with Crippen LogP contribution in [0.4, 0.5) is 4.39 Å². The molecule has 1 aromatic heterocycles. The molecule has 0 aliphatic rings. The number of amides is 1. The quantitative estimate of drug-likeness (QED) is 0.823. The summed E-state index contributed by atoms with van der Waals surface area (Å²) >= 11 is 0. The first-order valence-electron chi connectivity index (χ1n) is 6.67. The van der Waals surface area contributed by atoms with Gasteiger partial charge in [0.15, 0.2) is 0 Å². The van der Waals surface area contributed by atoms with Crippen LogP contribution in [0.1, 0.15) is 28.8 Å². The molecule has 0 atom stereocenters. The molecule has 0 unspecified atom stereocenters. The zero-order valence-corrected chi connectivity index (χ0v) is 11.5. The molecule has 1 N–H and O–H groups in total. The van der Waals surface area contributed by atoms with Crippen molar-refractivity contribution in [3.63, 3.8) is 0 Å². The topological polar surface area (TPSA) is 46.9 Å². The molecule has 1 aromatic carbocycles. The van der Waals surface area contributed by atoms with Crippen molar-refractivity contribution < 1.29 is 9.18 Å². The van der Waals surface area contributed by atoms with E-state index in [9.17, 15) is 9.18 Å². The maximum absolute atomic E-state index is 13.1. The summed E-state index contributed by atoms with van der Waals surface area (Å²) in [6.45, 7) is 3.16. The number of benzene rings is 1. The van der Waals surface area contributed by atoms with Crippen LogP contribution in [-0.2, 0) is 6.54 Å². The first kappa shape index (κ1) is 14.2. The van der Waals surface area contributed by atoms with Gasteiger partial charge in [-0.25, -0.2) is 9.37 Å². The summed E-state index contributed by atoms with van der Waals surface area (Å²) in [6, 6.07) is 4.39. The fraction of sp³-hybridized carbons (Fsp3) is 0.333. The smallest absolute Gasteiger partial charge is 0.251 e. The number of halogens is 1. The number of unbranched alkanes of at least 4 members (excludes halogenated alkanes) is 1. The molecule has 0 fully saturated rings. The highest BCUT2D eigenvalue weighted by Gasteiger charge is 2.06. The van der Waals surface area contributed by atoms with Crippen molar-refractivity contribution in [1.82, 2.24) is 14.9 Å². The fourth-order valence-electron chi connectivity index (χ4n) is 1.93. The summed E-state index contributed by atoms with van der Waals surface area (Å²) in [5.74, 6) is -0.447. The van der Waals surface area contributed by atoms with E-state index in [1.165, 1.54) is 12.1 Å². The number of rotatable bonds is 6. The molecule has 1 amide bonds. The summed E-state index contributed by atoms with van der Waals surface area (Å²) in [6.07, 6.45) is 7.31. The van der Waals surface area contributed by atoms with E-state index < -0.39 is 0 Å². The van der Waals surface area contributed by atoms with E-state index in [-0.39, 0.29) is 11.7 Å². The molecular weight excluding hydrogens is 257 g/mol. The lowest BCUT2D eigenvalue weighted by Gasteiger charge is -2.06. The third-order valence-corrected chi connectivity index (χ3v) is 3.11. The SMILES string of the molecule is Cc1cc(C(=O)NCCCCn2ccnc2)ccc1F. The molecule has 1 heterocycles. The van der Waals surface area contributed by atoms with Gasteiger partial charge in [-0.2, -0.15) is 0 Å². The first-order chi connectivity index (χ1) is 9.66. The lowest BCUT2D eigenvalue weighted by molar-refractivity contribution is 0.0952. The summed E-state index contributed by atoms with van der Waals surface area (Å²) in [7, 11) is 0. The average molecular weight is 275 g/mol. The van der Waals surface area contributed by atoms with E-state index in [1.807, 2.05) is 10.8 Å². The largest absolute Gasteiger partial charge is 0.352 e. The van der Waals surface area contributed by atoms with Crippen LogP contribution in [0.25, 0.3) is 0 Å². The van der Waals surface area contributed by atoms with Gasteiger partial charge in [-0.1, -0.05) is 0 Å². The third-order valence-electron chi connectivity index (χ3n) is 3.11. The Hall–Kier alpha value is -2.17. The molecule has 0 saturated carbocycles. The Kier molecular flexibility index (Phi) is 4.87. The van der Waals surface area contributed by atoms with Crippen LogP contribution in [0.3, 0.4) is 0 Å². The molecule has 0 bridgehead atoms. The molecule has 5 heteroatoms. The number of hydrogen-bond donors (Lipinski definition) is 1. The van der Waals surface area contributed by atoms with Crippen molar-refractivity contribution >= 4 is 5.91 Å². The lowest BCUT2D eigenvalue weighted by Crippen LogP contribution is -2.24. The van der Waals surface area contributed by atoms with Gasteiger partial charge in [0.25, 0.3) is 5.91 Å². The van der Waals surface area contributed by atoms with Gasteiger partial charge < -0.3 is 9.88 Å². The number of imidazole rings is 1. The Morgan fingerprint density at radius 2 is 2.25 bits per heavy atom. The minimum absolute atomic E-state index is 0.157. The van der Waals surface area contributed by atoms with Crippen molar-refractivity contribution in [3.05, 3.63) is 53.9 Å². The Morgan fingerprint density at radius 1 is 1.40 bits per heavy atom. The van der Waals surface area contributed by atoms with Crippen LogP contribution in [0, 0.1) is 12.7 Å². The Labute approximate surface area is 117 Å². The number of hydrogen-bond acceptors (Lipinski definition) is 2. The maximum atomic E-state index is 13.1. The highest BCUT2D eigenvalue weighted by molar-refractivity contribution is 5.94. The number of aromatic nitrogens is 2. The van der Waals surface area contributed by atoms with Gasteiger partial charge in [0, 0.05) is 31.0 Å². The van der Waals surface area contributed by atoms with Gasteiger partial charge >= 0.3 is 0 Å². The normalized spacial score (nSPS) is 10.5. The second-order valence-corrected chi connectivity index (χ2v) is 4.73. The van der Waals surface area contributed by atoms with E-state index in [0.29, 0.717) is 17.7 Å². The summed E-state index contributed by atoms with van der Waals surface area (Å²) < 4.78 is 15.1. The predicted octanol–water partition coefficient (Wildman–Crippen LogP) is 2.54. The van der Waals surface area contributed by atoms with E-state index in [4.69, 9.17) is 0 Å². The van der Waals surface area contributed by atoms with Crippen molar-refractivity contribution in [2.24, 2.45) is 0 Å². The van der Waals surface area contributed by atoms with Crippen LogP contribution in [0.5, 0.6) is 0 Å². The van der Waals surface area contributed by atoms with E-state index >= 15 is 0 Å². The molecule has 0 aliphatic carbocycles.